The Morgan fingerprint density at radius 2 is 1.65 bits per heavy atom. The van der Waals surface area contributed by atoms with Gasteiger partial charge in [0, 0.05) is 62.1 Å². The number of hydrogen-bond donors (Lipinski definition) is 2. The van der Waals surface area contributed by atoms with Crippen LogP contribution in [-0.4, -0.2) is 82.7 Å². The maximum absolute atomic E-state index is 12.1. The molecule has 190 valence electrons. The van der Waals surface area contributed by atoms with Gasteiger partial charge in [-0.05, 0) is 65.5 Å². The number of aromatic amines is 2. The lowest BCUT2D eigenvalue weighted by Gasteiger charge is -2.39. The lowest BCUT2D eigenvalue weighted by molar-refractivity contribution is 0.119. The minimum atomic E-state index is -3.28. The summed E-state index contributed by atoms with van der Waals surface area (Å²) >= 11 is 0. The Hall–Kier alpha value is -1.91. The average molecular weight is 493 g/mol. The van der Waals surface area contributed by atoms with Gasteiger partial charge in [-0.3, -0.25) is 29.5 Å². The van der Waals surface area contributed by atoms with E-state index in [-0.39, 0.29) is 11.5 Å². The summed E-state index contributed by atoms with van der Waals surface area (Å²) in [6.45, 7) is 8.66. The Balaban J connectivity index is 1.31. The molecule has 2 fully saturated rings. The molecule has 0 amide bonds. The summed E-state index contributed by atoms with van der Waals surface area (Å²) in [5.74, 6) is 0.570. The van der Waals surface area contributed by atoms with Gasteiger partial charge in [0.1, 0.15) is 4.90 Å². The maximum Gasteiger partial charge on any atom is 0.266 e. The molecule has 4 heterocycles. The van der Waals surface area contributed by atoms with Crippen molar-refractivity contribution in [1.82, 2.24) is 29.8 Å². The average Bonchev–Trinajstić information content (AvgIpc) is 3.44. The van der Waals surface area contributed by atoms with E-state index < -0.39 is 9.84 Å². The van der Waals surface area contributed by atoms with Crippen molar-refractivity contribution in [3.8, 4) is 0 Å². The Morgan fingerprint density at radius 3 is 2.21 bits per heavy atom. The third-order valence-corrected chi connectivity index (χ3v) is 9.06. The number of rotatable bonds is 8. The van der Waals surface area contributed by atoms with Crippen molar-refractivity contribution in [2.24, 2.45) is 7.05 Å². The largest absolute Gasteiger partial charge is 0.300 e. The van der Waals surface area contributed by atoms with E-state index in [0.717, 1.165) is 76.1 Å². The summed E-state index contributed by atoms with van der Waals surface area (Å²) in [5.41, 5.74) is 1.86. The van der Waals surface area contributed by atoms with Crippen molar-refractivity contribution in [3.05, 3.63) is 34.0 Å². The Bertz CT molecular complexity index is 1120. The molecular weight excluding hydrogens is 452 g/mol. The molecular formula is C24H40N6O3S. The number of H-pyrrole nitrogens is 2. The number of nitrogens with zero attached hydrogens (tertiary/aromatic N) is 4. The second-order valence-electron chi connectivity index (χ2n) is 10.5. The molecule has 0 aromatic carbocycles. The van der Waals surface area contributed by atoms with E-state index in [2.05, 4.69) is 38.9 Å². The zero-order valence-electron chi connectivity index (χ0n) is 21.0. The molecule has 2 aromatic heterocycles. The Morgan fingerprint density at radius 1 is 1.06 bits per heavy atom. The highest BCUT2D eigenvalue weighted by molar-refractivity contribution is 7.90. The van der Waals surface area contributed by atoms with Crippen LogP contribution in [0.2, 0.25) is 0 Å². The highest BCUT2D eigenvalue weighted by atomic mass is 32.2. The lowest BCUT2D eigenvalue weighted by Crippen LogP contribution is -2.43. The van der Waals surface area contributed by atoms with Crippen LogP contribution in [0, 0.1) is 0 Å². The Labute approximate surface area is 202 Å². The molecule has 4 atom stereocenters. The van der Waals surface area contributed by atoms with Gasteiger partial charge in [0.25, 0.3) is 5.56 Å². The fourth-order valence-electron chi connectivity index (χ4n) is 5.74. The smallest absolute Gasteiger partial charge is 0.266 e. The van der Waals surface area contributed by atoms with Gasteiger partial charge in [-0.25, -0.2) is 8.42 Å². The van der Waals surface area contributed by atoms with Gasteiger partial charge in [0.05, 0.1) is 11.9 Å². The van der Waals surface area contributed by atoms with E-state index in [1.807, 2.05) is 0 Å². The van der Waals surface area contributed by atoms with Crippen molar-refractivity contribution in [3.63, 3.8) is 0 Å². The first-order valence-corrected chi connectivity index (χ1v) is 14.5. The zero-order valence-corrected chi connectivity index (χ0v) is 21.8. The molecule has 9 nitrogen and oxygen atoms in total. The molecule has 0 saturated carbocycles. The Kier molecular flexibility index (Phi) is 7.69. The first-order valence-electron chi connectivity index (χ1n) is 12.6. The minimum Gasteiger partial charge on any atom is -0.300 e. The van der Waals surface area contributed by atoms with Gasteiger partial charge in [-0.2, -0.15) is 5.10 Å². The molecule has 0 bridgehead atoms. The van der Waals surface area contributed by atoms with Crippen LogP contribution in [-0.2, 0) is 16.9 Å². The van der Waals surface area contributed by atoms with Gasteiger partial charge in [-0.15, -0.1) is 0 Å². The number of hydrogen-bond acceptors (Lipinski definition) is 6. The first kappa shape index (κ1) is 25.2. The molecule has 0 radical (unpaired) electrons. The highest BCUT2D eigenvalue weighted by Gasteiger charge is 2.30. The SMILES string of the molecule is CC(CCC(C)N1CCCC(c2[nH]ncc2S(C)(=O)=O)C1)N1CCCC(c2cc(=O)n(C)[nH]2)C1. The topological polar surface area (TPSA) is 107 Å². The molecule has 10 heteroatoms. The number of aromatic nitrogens is 4. The molecule has 0 aliphatic carbocycles. The van der Waals surface area contributed by atoms with E-state index in [9.17, 15) is 13.2 Å². The zero-order chi connectivity index (χ0) is 24.5. The van der Waals surface area contributed by atoms with Crippen LogP contribution in [0.1, 0.15) is 75.6 Å². The summed E-state index contributed by atoms with van der Waals surface area (Å²) in [6.07, 6.45) is 9.27. The number of sulfone groups is 1. The van der Waals surface area contributed by atoms with Crippen molar-refractivity contribution in [2.45, 2.75) is 81.2 Å². The third kappa shape index (κ3) is 5.66. The quantitative estimate of drug-likeness (QED) is 0.586. The van der Waals surface area contributed by atoms with Crippen LogP contribution in [0.15, 0.2) is 22.0 Å². The van der Waals surface area contributed by atoms with Gasteiger partial charge in [0.2, 0.25) is 0 Å². The molecule has 4 rings (SSSR count). The van der Waals surface area contributed by atoms with Crippen LogP contribution in [0.25, 0.3) is 0 Å². The van der Waals surface area contributed by atoms with Crippen molar-refractivity contribution >= 4 is 9.84 Å². The van der Waals surface area contributed by atoms with E-state index >= 15 is 0 Å². The fourth-order valence-corrected chi connectivity index (χ4v) is 6.60. The molecule has 34 heavy (non-hydrogen) atoms. The van der Waals surface area contributed by atoms with E-state index in [4.69, 9.17) is 0 Å². The van der Waals surface area contributed by atoms with Crippen molar-refractivity contribution in [2.75, 3.05) is 32.4 Å². The molecule has 2 aliphatic rings. The van der Waals surface area contributed by atoms with E-state index in [1.165, 1.54) is 12.5 Å². The molecule has 4 unspecified atom stereocenters. The van der Waals surface area contributed by atoms with Crippen molar-refractivity contribution in [1.29, 1.82) is 0 Å². The molecule has 2 N–H and O–H groups in total. The monoisotopic (exact) mass is 492 g/mol. The standard InChI is InChI=1S/C24H40N6O3S/c1-17(29-11-5-7-19(15-29)21-13-23(31)28(3)27-21)9-10-18(2)30-12-6-8-20(16-30)24-22(14-25-26-24)34(4,32)33/h13-14,17-20,27H,5-12,15-16H2,1-4H3,(H,25,26). The summed E-state index contributed by atoms with van der Waals surface area (Å²) < 4.78 is 25.8. The summed E-state index contributed by atoms with van der Waals surface area (Å²) in [7, 11) is -1.50. The first-order chi connectivity index (χ1) is 16.1. The van der Waals surface area contributed by atoms with Crippen LogP contribution in [0.5, 0.6) is 0 Å². The van der Waals surface area contributed by atoms with Gasteiger partial charge in [0.15, 0.2) is 9.84 Å². The molecule has 2 saturated heterocycles. The predicted octanol–water partition coefficient (Wildman–Crippen LogP) is 2.46. The van der Waals surface area contributed by atoms with Crippen molar-refractivity contribution < 1.29 is 8.42 Å². The summed E-state index contributed by atoms with van der Waals surface area (Å²) in [4.78, 5) is 17.3. The highest BCUT2D eigenvalue weighted by Crippen LogP contribution is 2.32. The maximum atomic E-state index is 12.1. The number of piperidine rings is 2. The van der Waals surface area contributed by atoms with E-state index in [1.54, 1.807) is 17.8 Å². The summed E-state index contributed by atoms with van der Waals surface area (Å²) in [6, 6.07) is 2.69. The number of aryl methyl sites for hydroxylation is 1. The second-order valence-corrected chi connectivity index (χ2v) is 12.5. The molecule has 2 aromatic rings. The number of likely N-dealkylation sites (tertiary alicyclic amines) is 2. The predicted molar refractivity (Wildman–Crippen MR) is 133 cm³/mol. The van der Waals surface area contributed by atoms with Crippen LogP contribution in [0.4, 0.5) is 0 Å². The fraction of sp³-hybridized carbons (Fsp3) is 0.750. The normalized spacial score (nSPS) is 24.8. The number of nitrogens with one attached hydrogen (secondary N) is 2. The van der Waals surface area contributed by atoms with Crippen LogP contribution >= 0.6 is 0 Å². The molecule has 0 spiro atoms. The van der Waals surface area contributed by atoms with Gasteiger partial charge < -0.3 is 0 Å². The second kappa shape index (κ2) is 10.4. The van der Waals surface area contributed by atoms with Crippen LogP contribution < -0.4 is 5.56 Å². The van der Waals surface area contributed by atoms with Gasteiger partial charge in [-0.1, -0.05) is 0 Å². The molecule has 2 aliphatic heterocycles. The van der Waals surface area contributed by atoms with Crippen LogP contribution in [0.3, 0.4) is 0 Å². The minimum absolute atomic E-state index is 0.0348. The van der Waals surface area contributed by atoms with Gasteiger partial charge >= 0.3 is 0 Å². The van der Waals surface area contributed by atoms with E-state index in [0.29, 0.717) is 22.9 Å². The lowest BCUT2D eigenvalue weighted by atomic mass is 9.92. The third-order valence-electron chi connectivity index (χ3n) is 7.94. The summed E-state index contributed by atoms with van der Waals surface area (Å²) in [5, 5.41) is 10.2.